The molecule has 112 valence electrons. The standard InChI is InChI=1S/C14H7ClF6/c15-10-5-6-12(14(19,20)21)11(7-10)8-1-3-9(4-2-8)13(16,17)18/h1-7H. The van der Waals surface area contributed by atoms with Crippen molar-refractivity contribution in [2.24, 2.45) is 0 Å². The predicted octanol–water partition coefficient (Wildman–Crippen LogP) is 6.04. The minimum Gasteiger partial charge on any atom is -0.166 e. The highest BCUT2D eigenvalue weighted by Crippen LogP contribution is 2.39. The molecule has 0 amide bonds. The molecule has 0 unspecified atom stereocenters. The topological polar surface area (TPSA) is 0 Å². The predicted molar refractivity (Wildman–Crippen MR) is 66.9 cm³/mol. The molecule has 0 bridgehead atoms. The van der Waals surface area contributed by atoms with Crippen LogP contribution in [0.3, 0.4) is 0 Å². The van der Waals surface area contributed by atoms with Crippen LogP contribution in [0.1, 0.15) is 11.1 Å². The molecular weight excluding hydrogens is 318 g/mol. The Morgan fingerprint density at radius 1 is 0.714 bits per heavy atom. The van der Waals surface area contributed by atoms with Crippen molar-refractivity contribution < 1.29 is 26.3 Å². The van der Waals surface area contributed by atoms with Crippen molar-refractivity contribution in [2.75, 3.05) is 0 Å². The van der Waals surface area contributed by atoms with Gasteiger partial charge in [-0.1, -0.05) is 23.7 Å². The second kappa shape index (κ2) is 5.26. The molecule has 0 nitrogen and oxygen atoms in total. The maximum atomic E-state index is 12.9. The Kier molecular flexibility index (Phi) is 3.93. The first-order valence-electron chi connectivity index (χ1n) is 5.63. The molecule has 21 heavy (non-hydrogen) atoms. The first kappa shape index (κ1) is 15.7. The smallest absolute Gasteiger partial charge is 0.166 e. The maximum Gasteiger partial charge on any atom is 0.417 e. The van der Waals surface area contributed by atoms with Crippen LogP contribution in [0.2, 0.25) is 5.02 Å². The zero-order chi connectivity index (χ0) is 15.8. The summed E-state index contributed by atoms with van der Waals surface area (Å²) < 4.78 is 76.1. The van der Waals surface area contributed by atoms with Crippen molar-refractivity contribution in [3.8, 4) is 11.1 Å². The Hall–Kier alpha value is -1.69. The summed E-state index contributed by atoms with van der Waals surface area (Å²) in [7, 11) is 0. The van der Waals surface area contributed by atoms with E-state index in [0.29, 0.717) is 0 Å². The monoisotopic (exact) mass is 324 g/mol. The number of rotatable bonds is 1. The van der Waals surface area contributed by atoms with Gasteiger partial charge in [0.05, 0.1) is 11.1 Å². The number of alkyl halides is 6. The van der Waals surface area contributed by atoms with Crippen LogP contribution < -0.4 is 0 Å². The summed E-state index contributed by atoms with van der Waals surface area (Å²) >= 11 is 5.67. The van der Waals surface area contributed by atoms with Gasteiger partial charge >= 0.3 is 12.4 Å². The summed E-state index contributed by atoms with van der Waals surface area (Å²) in [4.78, 5) is 0. The SMILES string of the molecule is FC(F)(F)c1ccc(-c2cc(Cl)ccc2C(F)(F)F)cc1. The second-order valence-corrected chi connectivity index (χ2v) is 4.70. The lowest BCUT2D eigenvalue weighted by Gasteiger charge is -2.14. The number of halogens is 7. The Balaban J connectivity index is 2.54. The van der Waals surface area contributed by atoms with E-state index in [9.17, 15) is 26.3 Å². The molecule has 2 aromatic rings. The second-order valence-electron chi connectivity index (χ2n) is 4.26. The lowest BCUT2D eigenvalue weighted by Crippen LogP contribution is -2.07. The van der Waals surface area contributed by atoms with Gasteiger partial charge in [-0.2, -0.15) is 26.3 Å². The Bertz CT molecular complexity index is 640. The Morgan fingerprint density at radius 3 is 1.76 bits per heavy atom. The van der Waals surface area contributed by atoms with E-state index >= 15 is 0 Å². The molecule has 0 spiro atoms. The fourth-order valence-corrected chi connectivity index (χ4v) is 2.01. The molecule has 0 aliphatic heterocycles. The molecular formula is C14H7ClF6. The van der Waals surface area contributed by atoms with Gasteiger partial charge in [-0.3, -0.25) is 0 Å². The fourth-order valence-electron chi connectivity index (χ4n) is 1.84. The van der Waals surface area contributed by atoms with Gasteiger partial charge < -0.3 is 0 Å². The van der Waals surface area contributed by atoms with Gasteiger partial charge in [0.2, 0.25) is 0 Å². The van der Waals surface area contributed by atoms with E-state index in [1.807, 2.05) is 0 Å². The van der Waals surface area contributed by atoms with Crippen LogP contribution in [-0.4, -0.2) is 0 Å². The molecule has 0 fully saturated rings. The zero-order valence-corrected chi connectivity index (χ0v) is 10.9. The van der Waals surface area contributed by atoms with Crippen LogP contribution in [0.5, 0.6) is 0 Å². The molecule has 2 rings (SSSR count). The summed E-state index contributed by atoms with van der Waals surface area (Å²) in [5.74, 6) is 0. The van der Waals surface area contributed by atoms with E-state index in [1.165, 1.54) is 0 Å². The van der Waals surface area contributed by atoms with Gasteiger partial charge in [0.1, 0.15) is 0 Å². The third-order valence-corrected chi connectivity index (χ3v) is 3.05. The third-order valence-electron chi connectivity index (χ3n) is 2.81. The van der Waals surface area contributed by atoms with Crippen molar-refractivity contribution in [3.63, 3.8) is 0 Å². The van der Waals surface area contributed by atoms with Crippen LogP contribution in [0.15, 0.2) is 42.5 Å². The first-order chi connectivity index (χ1) is 9.59. The van der Waals surface area contributed by atoms with Crippen molar-refractivity contribution in [2.45, 2.75) is 12.4 Å². The van der Waals surface area contributed by atoms with E-state index in [1.54, 1.807) is 0 Å². The highest BCUT2D eigenvalue weighted by Gasteiger charge is 2.34. The summed E-state index contributed by atoms with van der Waals surface area (Å²) in [5, 5.41) is 0.0675. The van der Waals surface area contributed by atoms with Gasteiger partial charge in [-0.25, -0.2) is 0 Å². The molecule has 2 aromatic carbocycles. The van der Waals surface area contributed by atoms with Crippen molar-refractivity contribution in [3.05, 3.63) is 58.6 Å². The molecule has 0 atom stereocenters. The summed E-state index contributed by atoms with van der Waals surface area (Å²) in [6, 6.07) is 6.40. The quantitative estimate of drug-likeness (QED) is 0.561. The number of hydrogen-bond acceptors (Lipinski definition) is 0. The fraction of sp³-hybridized carbons (Fsp3) is 0.143. The first-order valence-corrected chi connectivity index (χ1v) is 6.01. The summed E-state index contributed by atoms with van der Waals surface area (Å²) in [5.41, 5.74) is -2.13. The largest absolute Gasteiger partial charge is 0.417 e. The molecule has 0 heterocycles. The third kappa shape index (κ3) is 3.50. The molecule has 0 saturated heterocycles. The van der Waals surface area contributed by atoms with Gasteiger partial charge in [0, 0.05) is 5.02 Å². The molecule has 0 aromatic heterocycles. The van der Waals surface area contributed by atoms with E-state index in [4.69, 9.17) is 11.6 Å². The van der Waals surface area contributed by atoms with Crippen molar-refractivity contribution in [1.82, 2.24) is 0 Å². The highest BCUT2D eigenvalue weighted by atomic mass is 35.5. The van der Waals surface area contributed by atoms with Crippen LogP contribution in [0.25, 0.3) is 11.1 Å². The van der Waals surface area contributed by atoms with Gasteiger partial charge in [-0.15, -0.1) is 0 Å². The van der Waals surface area contributed by atoms with Gasteiger partial charge in [0.15, 0.2) is 0 Å². The molecule has 0 aliphatic rings. The molecule has 0 N–H and O–H groups in total. The average molecular weight is 325 g/mol. The van der Waals surface area contributed by atoms with Gasteiger partial charge in [0.25, 0.3) is 0 Å². The van der Waals surface area contributed by atoms with Crippen LogP contribution in [-0.2, 0) is 12.4 Å². The lowest BCUT2D eigenvalue weighted by molar-refractivity contribution is -0.138. The molecule has 0 radical (unpaired) electrons. The van der Waals surface area contributed by atoms with Crippen LogP contribution in [0, 0.1) is 0 Å². The molecule has 7 heteroatoms. The van der Waals surface area contributed by atoms with E-state index in [2.05, 4.69) is 0 Å². The minimum absolute atomic E-state index is 0.0119. The Morgan fingerprint density at radius 2 is 1.29 bits per heavy atom. The van der Waals surface area contributed by atoms with Gasteiger partial charge in [-0.05, 0) is 41.5 Å². The highest BCUT2D eigenvalue weighted by molar-refractivity contribution is 6.30. The minimum atomic E-state index is -4.62. The lowest BCUT2D eigenvalue weighted by atomic mass is 9.98. The summed E-state index contributed by atoms with van der Waals surface area (Å²) in [6.07, 6.45) is -9.16. The average Bonchev–Trinajstić information content (AvgIpc) is 2.36. The van der Waals surface area contributed by atoms with Crippen LogP contribution >= 0.6 is 11.6 Å². The number of hydrogen-bond donors (Lipinski definition) is 0. The molecule has 0 aliphatic carbocycles. The zero-order valence-electron chi connectivity index (χ0n) is 10.2. The molecule has 0 saturated carbocycles. The maximum absolute atomic E-state index is 12.9. The summed E-state index contributed by atoms with van der Waals surface area (Å²) in [6.45, 7) is 0. The number of benzene rings is 2. The van der Waals surface area contributed by atoms with Crippen LogP contribution in [0.4, 0.5) is 26.3 Å². The van der Waals surface area contributed by atoms with Crippen molar-refractivity contribution in [1.29, 1.82) is 0 Å². The van der Waals surface area contributed by atoms with E-state index in [0.717, 1.165) is 42.5 Å². The van der Waals surface area contributed by atoms with Crippen molar-refractivity contribution >= 4 is 11.6 Å². The van der Waals surface area contributed by atoms with E-state index in [-0.39, 0.29) is 16.1 Å². The van der Waals surface area contributed by atoms with E-state index < -0.39 is 23.5 Å². The Labute approximate surface area is 121 Å². The normalized spacial score (nSPS) is 12.5.